The van der Waals surface area contributed by atoms with E-state index in [1.807, 2.05) is 114 Å². The molecular formula is C82H98N18O12. The molecule has 112 heavy (non-hydrogen) atoms. The predicted octanol–water partition coefficient (Wildman–Crippen LogP) is 12.2. The standard InChI is InChI=1S/C42H50N8O6.C40H48N10O6/c1-23(2)30(19-36(51)55-5)40(52)49-15-7-9-34(49)38-44-21-32(46-38)25-11-13-28-27(17-25)20-43-31-18-26(12-14-29(28)31)33-22-45-39(47-33)35-10-8-16-50(35)41(53)37(24(3)4)48-42(54)56-6;1-21(2)24(14-34(51)55-5)38(52)49-11-7-9-32(49)36-44-19-30(46-36)28-13-23-16-41-27-15-29(43-18-26(27)25(23)17-42-28)31-20-45-37(47-31)33-10-8-12-50(33)39(53)35(22(3)4)48-40(54)56-6/h11-14,17-18,20-24,30,34-35,37H,7-10,15-16,19H2,1-6H3,(H,44,46)(H,45,47)(H,48,54);13,15-22,24,32-33,35H,7-12,14H2,1-6H3,(H,44,46)(H,45,47)(H,48,54)/t30-,34-,35-,37-;24-,32-,33-,35-/m00/s1. The number of likely N-dealkylation sites (tertiary alicyclic amines) is 4. The minimum atomic E-state index is -0.716. The number of carbonyl (C=O) groups excluding carboxylic acids is 8. The highest BCUT2D eigenvalue weighted by molar-refractivity contribution is 6.08. The number of H-pyrrole nitrogens is 4. The average Bonchev–Trinajstić information content (AvgIpc) is 1.38. The molecule has 4 fully saturated rings. The highest BCUT2D eigenvalue weighted by Gasteiger charge is 2.42. The van der Waals surface area contributed by atoms with E-state index >= 15 is 0 Å². The van der Waals surface area contributed by atoms with Crippen molar-refractivity contribution < 1.29 is 57.3 Å². The van der Waals surface area contributed by atoms with Crippen LogP contribution in [0.1, 0.15) is 167 Å². The number of carbonyl (C=O) groups is 8. The Kier molecular flexibility index (Phi) is 23.7. The molecule has 8 aromatic heterocycles. The lowest BCUT2D eigenvalue weighted by Crippen LogP contribution is -2.51. The van der Waals surface area contributed by atoms with Crippen molar-refractivity contribution in [2.24, 2.45) is 35.5 Å². The largest absolute Gasteiger partial charge is 0.469 e. The summed E-state index contributed by atoms with van der Waals surface area (Å²) in [6, 6.07) is 14.0. The van der Waals surface area contributed by atoms with Crippen LogP contribution in [0.3, 0.4) is 0 Å². The zero-order chi connectivity index (χ0) is 79.3. The fourth-order valence-electron chi connectivity index (χ4n) is 16.0. The van der Waals surface area contributed by atoms with E-state index < -0.39 is 42.1 Å². The normalized spacial score (nSPS) is 18.2. The van der Waals surface area contributed by atoms with Crippen LogP contribution in [0, 0.1) is 35.5 Å². The van der Waals surface area contributed by atoms with Crippen LogP contribution in [-0.4, -0.2) is 194 Å². The summed E-state index contributed by atoms with van der Waals surface area (Å²) in [6.07, 6.45) is 19.6. The van der Waals surface area contributed by atoms with Crippen LogP contribution in [0.4, 0.5) is 9.59 Å². The molecule has 2 aromatic carbocycles. The predicted molar refractivity (Wildman–Crippen MR) is 417 cm³/mol. The lowest BCUT2D eigenvalue weighted by molar-refractivity contribution is -0.148. The number of hydrogen-bond acceptors (Lipinski definition) is 20. The quantitative estimate of drug-likeness (QED) is 0.0208. The summed E-state index contributed by atoms with van der Waals surface area (Å²) in [5, 5.41) is 11.0. The van der Waals surface area contributed by atoms with E-state index in [0.717, 1.165) is 129 Å². The molecular weight excluding hydrogens is 1430 g/mol. The van der Waals surface area contributed by atoms with Crippen LogP contribution >= 0.6 is 0 Å². The first-order chi connectivity index (χ1) is 53.9. The third-order valence-electron chi connectivity index (χ3n) is 22.4. The third kappa shape index (κ3) is 16.4. The molecule has 0 aliphatic carbocycles. The van der Waals surface area contributed by atoms with E-state index in [0.29, 0.717) is 60.7 Å². The second-order valence-electron chi connectivity index (χ2n) is 30.8. The zero-order valence-electron chi connectivity index (χ0n) is 65.3. The van der Waals surface area contributed by atoms with Gasteiger partial charge in [-0.05, 0) is 105 Å². The molecule has 588 valence electrons. The number of aromatic nitrogens is 12. The topological polar surface area (TPSA) is 377 Å². The molecule has 6 amide bonds. The minimum Gasteiger partial charge on any atom is -0.469 e. The Bertz CT molecular complexity index is 4530. The molecule has 30 heteroatoms. The molecule has 4 aliphatic rings. The Morgan fingerprint density at radius 3 is 1.16 bits per heavy atom. The van der Waals surface area contributed by atoms with Gasteiger partial charge in [0.15, 0.2) is 0 Å². The lowest BCUT2D eigenvalue weighted by Gasteiger charge is -2.30. The number of imidazole rings is 4. The number of methoxy groups -OCH3 is 4. The summed E-state index contributed by atoms with van der Waals surface area (Å²) >= 11 is 0. The molecule has 6 N–H and O–H groups in total. The Morgan fingerprint density at radius 2 is 0.750 bits per heavy atom. The van der Waals surface area contributed by atoms with Crippen LogP contribution in [0.5, 0.6) is 0 Å². The van der Waals surface area contributed by atoms with Gasteiger partial charge in [0.05, 0.1) is 147 Å². The van der Waals surface area contributed by atoms with Crippen LogP contribution in [0.2, 0.25) is 0 Å². The minimum absolute atomic E-state index is 0.00305. The van der Waals surface area contributed by atoms with Gasteiger partial charge < -0.3 is 69.1 Å². The molecule has 0 unspecified atom stereocenters. The maximum absolute atomic E-state index is 13.7. The number of pyridine rings is 4. The molecule has 0 spiro atoms. The summed E-state index contributed by atoms with van der Waals surface area (Å²) in [4.78, 5) is 161. The maximum atomic E-state index is 13.7. The van der Waals surface area contributed by atoms with Crippen molar-refractivity contribution in [3.8, 4) is 45.3 Å². The maximum Gasteiger partial charge on any atom is 0.407 e. The molecule has 30 nitrogen and oxygen atoms in total. The van der Waals surface area contributed by atoms with Gasteiger partial charge in [-0.25, -0.2) is 29.5 Å². The number of ether oxygens (including phenoxy) is 4. The second kappa shape index (κ2) is 33.9. The summed E-state index contributed by atoms with van der Waals surface area (Å²) in [6.45, 7) is 17.8. The van der Waals surface area contributed by atoms with Crippen LogP contribution in [-0.2, 0) is 47.7 Å². The van der Waals surface area contributed by atoms with Gasteiger partial charge in [0.1, 0.15) is 35.4 Å². The van der Waals surface area contributed by atoms with Gasteiger partial charge in [0.2, 0.25) is 23.6 Å². The van der Waals surface area contributed by atoms with Crippen molar-refractivity contribution >= 4 is 91.1 Å². The molecule has 4 saturated heterocycles. The molecule has 0 radical (unpaired) electrons. The summed E-state index contributed by atoms with van der Waals surface area (Å²) in [5.41, 5.74) is 7.91. The number of alkyl carbamates (subject to hydrolysis) is 2. The van der Waals surface area contributed by atoms with E-state index in [4.69, 9.17) is 48.9 Å². The fourth-order valence-corrected chi connectivity index (χ4v) is 16.0. The van der Waals surface area contributed by atoms with E-state index in [-0.39, 0.29) is 90.3 Å². The number of aromatic amines is 4. The van der Waals surface area contributed by atoms with E-state index in [1.165, 1.54) is 28.4 Å². The van der Waals surface area contributed by atoms with Gasteiger partial charge in [-0.2, -0.15) is 0 Å². The Morgan fingerprint density at radius 1 is 0.384 bits per heavy atom. The van der Waals surface area contributed by atoms with Crippen LogP contribution < -0.4 is 10.6 Å². The van der Waals surface area contributed by atoms with Crippen molar-refractivity contribution in [1.29, 1.82) is 0 Å². The van der Waals surface area contributed by atoms with Crippen molar-refractivity contribution in [1.82, 2.24) is 90.0 Å². The molecule has 0 saturated carbocycles. The SMILES string of the molecule is COC(=O)C[C@H](C(=O)N1CCC[C@H]1c1ncc(-c2cc3cnc4cc(-c5cnc([C@@H]6CCCN6C(=O)[C@@H](NC(=O)OC)C(C)C)[nH]5)ncc4c3cn2)[nH]1)C(C)C.COC(=O)C[C@H](C(=O)N1CCC[C@H]1c1ncc(-c2ccc3c(cnc4cc(-c5cnc([C@@H]6CCCN6C(=O)[C@@H](NC(=O)OC)C(C)C)[nH]5)ccc43)c2)[nH]1)C(C)C. The molecule has 0 bridgehead atoms. The van der Waals surface area contributed by atoms with E-state index in [2.05, 4.69) is 64.8 Å². The van der Waals surface area contributed by atoms with Crippen LogP contribution in [0.25, 0.3) is 88.6 Å². The molecule has 14 rings (SSSR count). The Balaban J connectivity index is 0.000000196. The number of fused-ring (bicyclic) bond motifs is 6. The number of esters is 2. The average molecular weight is 1530 g/mol. The van der Waals surface area contributed by atoms with Gasteiger partial charge in [0.25, 0.3) is 0 Å². The molecule has 12 heterocycles. The highest BCUT2D eigenvalue weighted by Crippen LogP contribution is 2.41. The van der Waals surface area contributed by atoms with Crippen molar-refractivity contribution in [2.75, 3.05) is 54.6 Å². The first-order valence-electron chi connectivity index (χ1n) is 38.6. The second-order valence-corrected chi connectivity index (χ2v) is 30.8. The number of amides is 6. The zero-order valence-corrected chi connectivity index (χ0v) is 65.3. The highest BCUT2D eigenvalue weighted by atomic mass is 16.5. The number of nitrogens with one attached hydrogen (secondary N) is 6. The lowest BCUT2D eigenvalue weighted by atomic mass is 9.91. The first-order valence-corrected chi connectivity index (χ1v) is 38.6. The number of nitrogens with zero attached hydrogens (tertiary/aromatic N) is 12. The Labute approximate surface area is 648 Å². The monoisotopic (exact) mass is 1530 g/mol. The number of rotatable bonds is 22. The fraction of sp³-hybridized carbons (Fsp3) is 0.463. The summed E-state index contributed by atoms with van der Waals surface area (Å²) in [7, 11) is 5.26. The molecule has 4 aliphatic heterocycles. The smallest absolute Gasteiger partial charge is 0.407 e. The van der Waals surface area contributed by atoms with Gasteiger partial charge in [-0.15, -0.1) is 0 Å². The van der Waals surface area contributed by atoms with Crippen molar-refractivity contribution in [2.45, 2.75) is 156 Å². The Hall–Kier alpha value is -11.7. The third-order valence-corrected chi connectivity index (χ3v) is 22.4. The first kappa shape index (κ1) is 78.4. The number of hydrogen-bond donors (Lipinski definition) is 6. The molecule has 10 aromatic rings. The van der Waals surface area contributed by atoms with Crippen molar-refractivity contribution in [3.05, 3.63) is 121 Å². The van der Waals surface area contributed by atoms with Crippen molar-refractivity contribution in [3.63, 3.8) is 0 Å². The van der Waals surface area contributed by atoms with E-state index in [1.54, 1.807) is 34.6 Å². The van der Waals surface area contributed by atoms with Gasteiger partial charge >= 0.3 is 24.1 Å². The summed E-state index contributed by atoms with van der Waals surface area (Å²) in [5.74, 6) is 0.421. The molecule has 8 atom stereocenters. The summed E-state index contributed by atoms with van der Waals surface area (Å²) < 4.78 is 19.3. The van der Waals surface area contributed by atoms with Gasteiger partial charge in [-0.3, -0.25) is 48.7 Å². The van der Waals surface area contributed by atoms with E-state index in [9.17, 15) is 38.4 Å². The van der Waals surface area contributed by atoms with Gasteiger partial charge in [-0.1, -0.05) is 79.7 Å². The van der Waals surface area contributed by atoms with Crippen LogP contribution in [0.15, 0.2) is 98.1 Å². The number of benzene rings is 2. The van der Waals surface area contributed by atoms with Gasteiger partial charge in [0, 0.05) is 89.0 Å².